The fourth-order valence-electron chi connectivity index (χ4n) is 0.694. The molecule has 0 spiro atoms. The molecule has 0 radical (unpaired) electrons. The van der Waals surface area contributed by atoms with Crippen LogP contribution in [0.1, 0.15) is 26.2 Å². The Kier molecular flexibility index (Phi) is 5.15. The predicted molar refractivity (Wildman–Crippen MR) is 45.2 cm³/mol. The molecule has 0 bridgehead atoms. The molecule has 0 rings (SSSR count). The first-order valence-electron chi connectivity index (χ1n) is 3.67. The van der Waals surface area contributed by atoms with E-state index in [9.17, 15) is 4.79 Å². The zero-order chi connectivity index (χ0) is 8.69. The van der Waals surface area contributed by atoms with Crippen LogP contribution >= 0.6 is 0 Å². The van der Waals surface area contributed by atoms with E-state index in [0.717, 1.165) is 12.8 Å². The Hall–Kier alpha value is -1.06. The van der Waals surface area contributed by atoms with Gasteiger partial charge in [-0.15, -0.1) is 0 Å². The van der Waals surface area contributed by atoms with E-state index in [1.165, 1.54) is 0 Å². The number of unbranched alkanes of at least 4 members (excludes halogenated alkanes) is 1. The van der Waals surface area contributed by atoms with Crippen molar-refractivity contribution in [3.05, 3.63) is 0 Å². The molecule has 0 aromatic rings. The minimum atomic E-state index is 0.118. The number of ketones is 1. The van der Waals surface area contributed by atoms with E-state index in [-0.39, 0.29) is 11.7 Å². The molecule has 0 fully saturated rings. The monoisotopic (exact) mass is 157 g/mol. The summed E-state index contributed by atoms with van der Waals surface area (Å²) in [6.45, 7) is 2.20. The van der Waals surface area contributed by atoms with E-state index < -0.39 is 0 Å². The smallest absolute Gasteiger partial charge is 0.185 e. The molecule has 0 aliphatic rings. The molecule has 0 heterocycles. The number of carbonyl (C=O) groups is 1. The first-order chi connectivity index (χ1) is 5.13. The maximum absolute atomic E-state index is 10.5. The van der Waals surface area contributed by atoms with Crippen molar-refractivity contribution >= 4 is 11.7 Å². The Morgan fingerprint density at radius 3 is 2.45 bits per heavy atom. The number of aliphatic imine (C=N–C) groups is 1. The van der Waals surface area contributed by atoms with Crippen LogP contribution in [-0.2, 0) is 4.79 Å². The van der Waals surface area contributed by atoms with Gasteiger partial charge in [0, 0.05) is 13.0 Å². The first-order valence-corrected chi connectivity index (χ1v) is 3.67. The van der Waals surface area contributed by atoms with Gasteiger partial charge < -0.3 is 16.3 Å². The topological polar surface area (TPSA) is 81.5 Å². The van der Waals surface area contributed by atoms with Crippen molar-refractivity contribution in [2.75, 3.05) is 6.54 Å². The van der Waals surface area contributed by atoms with Gasteiger partial charge in [-0.2, -0.15) is 0 Å². The molecule has 0 saturated heterocycles. The number of nitrogens with two attached hydrogens (primary N) is 2. The zero-order valence-corrected chi connectivity index (χ0v) is 6.84. The minimum absolute atomic E-state index is 0.118. The summed E-state index contributed by atoms with van der Waals surface area (Å²) in [5.41, 5.74) is 10.2. The number of hydrogen-bond donors (Lipinski definition) is 2. The summed E-state index contributed by atoms with van der Waals surface area (Å²) >= 11 is 0. The summed E-state index contributed by atoms with van der Waals surface area (Å²) in [5, 5.41) is 0. The van der Waals surface area contributed by atoms with Crippen molar-refractivity contribution < 1.29 is 4.79 Å². The normalized spacial score (nSPS) is 9.18. The number of Topliss-reactive ketones (excluding diaryl/α,β-unsaturated/α-hetero) is 1. The molecule has 4 nitrogen and oxygen atoms in total. The molecule has 11 heavy (non-hydrogen) atoms. The third kappa shape index (κ3) is 8.94. The Morgan fingerprint density at radius 2 is 2.00 bits per heavy atom. The van der Waals surface area contributed by atoms with Gasteiger partial charge in [0.05, 0.1) is 0 Å². The summed E-state index contributed by atoms with van der Waals surface area (Å²) in [7, 11) is 0. The third-order valence-corrected chi connectivity index (χ3v) is 1.23. The van der Waals surface area contributed by atoms with Crippen LogP contribution in [0.3, 0.4) is 0 Å². The van der Waals surface area contributed by atoms with E-state index in [2.05, 4.69) is 4.99 Å². The number of nitrogens with zero attached hydrogens (tertiary/aromatic N) is 1. The first kappa shape index (κ1) is 9.94. The second kappa shape index (κ2) is 5.70. The lowest BCUT2D eigenvalue weighted by atomic mass is 10.2. The van der Waals surface area contributed by atoms with E-state index in [4.69, 9.17) is 11.5 Å². The van der Waals surface area contributed by atoms with E-state index in [1.807, 2.05) is 0 Å². The van der Waals surface area contributed by atoms with Gasteiger partial charge in [-0.25, -0.2) is 0 Å². The highest BCUT2D eigenvalue weighted by Gasteiger charge is 1.92. The molecule has 4 N–H and O–H groups in total. The lowest BCUT2D eigenvalue weighted by molar-refractivity contribution is -0.117. The van der Waals surface area contributed by atoms with Crippen molar-refractivity contribution in [1.82, 2.24) is 0 Å². The second-order valence-corrected chi connectivity index (χ2v) is 2.47. The molecular weight excluding hydrogens is 142 g/mol. The predicted octanol–water partition coefficient (Wildman–Crippen LogP) is 0.0191. The molecular formula is C7H15N3O. The van der Waals surface area contributed by atoms with Crippen LogP contribution in [0.2, 0.25) is 0 Å². The summed E-state index contributed by atoms with van der Waals surface area (Å²) in [6.07, 6.45) is 2.36. The Bertz CT molecular complexity index is 150. The van der Waals surface area contributed by atoms with Gasteiger partial charge in [-0.1, -0.05) is 0 Å². The standard InChI is InChI=1S/C7H15N3O/c1-6(11)4-2-3-5-10-7(8)9/h2-5H2,1H3,(H4,8,9,10). The average Bonchev–Trinajstić information content (AvgIpc) is 1.85. The Morgan fingerprint density at radius 1 is 1.36 bits per heavy atom. The van der Waals surface area contributed by atoms with E-state index in [0.29, 0.717) is 13.0 Å². The van der Waals surface area contributed by atoms with Crippen LogP contribution in [0.5, 0.6) is 0 Å². The highest BCUT2D eigenvalue weighted by molar-refractivity contribution is 5.76. The molecule has 0 unspecified atom stereocenters. The molecule has 0 atom stereocenters. The largest absolute Gasteiger partial charge is 0.370 e. The van der Waals surface area contributed by atoms with Crippen LogP contribution in [0.25, 0.3) is 0 Å². The zero-order valence-electron chi connectivity index (χ0n) is 6.84. The van der Waals surface area contributed by atoms with Gasteiger partial charge in [-0.3, -0.25) is 4.99 Å². The Balaban J connectivity index is 3.15. The lowest BCUT2D eigenvalue weighted by Gasteiger charge is -1.94. The molecule has 64 valence electrons. The van der Waals surface area contributed by atoms with Gasteiger partial charge in [-0.05, 0) is 19.8 Å². The summed E-state index contributed by atoms with van der Waals surface area (Å²) in [5.74, 6) is 0.336. The molecule has 0 aromatic heterocycles. The van der Waals surface area contributed by atoms with Crippen LogP contribution in [0.15, 0.2) is 4.99 Å². The van der Waals surface area contributed by atoms with E-state index >= 15 is 0 Å². The third-order valence-electron chi connectivity index (χ3n) is 1.23. The minimum Gasteiger partial charge on any atom is -0.370 e. The van der Waals surface area contributed by atoms with Crippen molar-refractivity contribution in [2.24, 2.45) is 16.5 Å². The fourth-order valence-corrected chi connectivity index (χ4v) is 0.694. The summed E-state index contributed by atoms with van der Waals surface area (Å²) in [6, 6.07) is 0. The summed E-state index contributed by atoms with van der Waals surface area (Å²) < 4.78 is 0. The average molecular weight is 157 g/mol. The van der Waals surface area contributed by atoms with Gasteiger partial charge in [0.2, 0.25) is 0 Å². The van der Waals surface area contributed by atoms with Gasteiger partial charge in [0.15, 0.2) is 5.96 Å². The number of hydrogen-bond acceptors (Lipinski definition) is 2. The second-order valence-electron chi connectivity index (χ2n) is 2.47. The van der Waals surface area contributed by atoms with Crippen molar-refractivity contribution in [1.29, 1.82) is 0 Å². The molecule has 0 saturated carbocycles. The lowest BCUT2D eigenvalue weighted by Crippen LogP contribution is -2.22. The molecule has 0 amide bonds. The van der Waals surface area contributed by atoms with Crippen molar-refractivity contribution in [3.63, 3.8) is 0 Å². The molecule has 0 aromatic carbocycles. The van der Waals surface area contributed by atoms with Crippen LogP contribution < -0.4 is 11.5 Å². The van der Waals surface area contributed by atoms with Crippen molar-refractivity contribution in [3.8, 4) is 0 Å². The Labute approximate surface area is 66.7 Å². The van der Waals surface area contributed by atoms with Gasteiger partial charge in [0.25, 0.3) is 0 Å². The van der Waals surface area contributed by atoms with Crippen LogP contribution in [0, 0.1) is 0 Å². The van der Waals surface area contributed by atoms with Crippen LogP contribution in [-0.4, -0.2) is 18.3 Å². The van der Waals surface area contributed by atoms with Gasteiger partial charge in [0.1, 0.15) is 5.78 Å². The number of guanidine groups is 1. The SMILES string of the molecule is CC(=O)CCCCN=C(N)N. The maximum Gasteiger partial charge on any atom is 0.185 e. The molecule has 0 aliphatic heterocycles. The fraction of sp³-hybridized carbons (Fsp3) is 0.714. The highest BCUT2D eigenvalue weighted by atomic mass is 16.1. The number of carbonyl (C=O) groups excluding carboxylic acids is 1. The molecule has 0 aliphatic carbocycles. The van der Waals surface area contributed by atoms with Crippen molar-refractivity contribution in [2.45, 2.75) is 26.2 Å². The highest BCUT2D eigenvalue weighted by Crippen LogP contribution is 1.95. The molecule has 4 heteroatoms. The number of rotatable bonds is 5. The quantitative estimate of drug-likeness (QED) is 0.335. The van der Waals surface area contributed by atoms with E-state index in [1.54, 1.807) is 6.92 Å². The van der Waals surface area contributed by atoms with Gasteiger partial charge >= 0.3 is 0 Å². The maximum atomic E-state index is 10.5. The van der Waals surface area contributed by atoms with Crippen LogP contribution in [0.4, 0.5) is 0 Å². The summed E-state index contributed by atoms with van der Waals surface area (Å²) in [4.78, 5) is 14.2.